The lowest BCUT2D eigenvalue weighted by Gasteiger charge is -2.25. The second kappa shape index (κ2) is 10.2. The van der Waals surface area contributed by atoms with Gasteiger partial charge in [-0.2, -0.15) is 0 Å². The molecule has 0 unspecified atom stereocenters. The van der Waals surface area contributed by atoms with Crippen LogP contribution in [0.3, 0.4) is 0 Å². The Labute approximate surface area is 208 Å². The molecule has 1 aliphatic rings. The highest BCUT2D eigenvalue weighted by atomic mass is 16.5. The molecule has 36 heavy (non-hydrogen) atoms. The number of hydrogen-bond acceptors (Lipinski definition) is 6. The van der Waals surface area contributed by atoms with E-state index >= 15 is 0 Å². The average Bonchev–Trinajstić information content (AvgIpc) is 3.18. The standard InChI is InChI=1S/C29H23N3O4/c33-27(23-8-10-24(11-9-23)36-19-20-5-2-1-3-6-20)25-26(22-12-15-30-16-13-22)32(29(35)28(25)34)18-21-7-4-14-31-17-21/h1-17,26,33H,18-19H2/t26-/m1/s1. The Kier molecular flexibility index (Phi) is 6.53. The van der Waals surface area contributed by atoms with Crippen LogP contribution in [0.5, 0.6) is 5.75 Å². The highest BCUT2D eigenvalue weighted by Crippen LogP contribution is 2.40. The molecule has 1 amide bonds. The van der Waals surface area contributed by atoms with Crippen LogP contribution in [-0.2, 0) is 22.7 Å². The minimum Gasteiger partial charge on any atom is -0.507 e. The highest BCUT2D eigenvalue weighted by Gasteiger charge is 2.46. The first-order chi connectivity index (χ1) is 17.6. The molecule has 1 N–H and O–H groups in total. The van der Waals surface area contributed by atoms with Crippen molar-refractivity contribution < 1.29 is 19.4 Å². The molecule has 2 aromatic carbocycles. The van der Waals surface area contributed by atoms with Gasteiger partial charge >= 0.3 is 0 Å². The van der Waals surface area contributed by atoms with Gasteiger partial charge in [-0.05, 0) is 59.2 Å². The van der Waals surface area contributed by atoms with Gasteiger partial charge in [0.15, 0.2) is 0 Å². The molecule has 0 spiro atoms. The molecule has 2 aromatic heterocycles. The lowest BCUT2D eigenvalue weighted by Crippen LogP contribution is -2.29. The third-order valence-corrected chi connectivity index (χ3v) is 6.01. The smallest absolute Gasteiger partial charge is 0.295 e. The third kappa shape index (κ3) is 4.72. The molecule has 178 valence electrons. The van der Waals surface area contributed by atoms with E-state index in [0.29, 0.717) is 23.5 Å². The molecule has 7 nitrogen and oxygen atoms in total. The van der Waals surface area contributed by atoms with Crippen LogP contribution in [0.2, 0.25) is 0 Å². The average molecular weight is 478 g/mol. The summed E-state index contributed by atoms with van der Waals surface area (Å²) in [5.74, 6) is -1.02. The fraction of sp³-hybridized carbons (Fsp3) is 0.103. The fourth-order valence-electron chi connectivity index (χ4n) is 4.23. The number of aliphatic hydroxyl groups is 1. The second-order valence-corrected chi connectivity index (χ2v) is 8.37. The highest BCUT2D eigenvalue weighted by molar-refractivity contribution is 6.46. The van der Waals surface area contributed by atoms with Gasteiger partial charge in [-0.25, -0.2) is 0 Å². The summed E-state index contributed by atoms with van der Waals surface area (Å²) in [7, 11) is 0. The van der Waals surface area contributed by atoms with Crippen molar-refractivity contribution in [3.8, 4) is 5.75 Å². The van der Waals surface area contributed by atoms with E-state index in [-0.39, 0.29) is 17.9 Å². The van der Waals surface area contributed by atoms with Crippen molar-refractivity contribution in [3.05, 3.63) is 131 Å². The van der Waals surface area contributed by atoms with Crippen LogP contribution in [0.15, 0.2) is 109 Å². The first-order valence-electron chi connectivity index (χ1n) is 11.5. The van der Waals surface area contributed by atoms with E-state index in [1.807, 2.05) is 36.4 Å². The summed E-state index contributed by atoms with van der Waals surface area (Å²) in [6.07, 6.45) is 6.49. The van der Waals surface area contributed by atoms with Gasteiger partial charge in [0.2, 0.25) is 0 Å². The van der Waals surface area contributed by atoms with Gasteiger partial charge in [0, 0.05) is 36.9 Å². The number of pyridine rings is 2. The van der Waals surface area contributed by atoms with E-state index in [2.05, 4.69) is 9.97 Å². The van der Waals surface area contributed by atoms with Gasteiger partial charge in [-0.3, -0.25) is 19.6 Å². The molecule has 1 saturated heterocycles. The summed E-state index contributed by atoms with van der Waals surface area (Å²) in [6, 6.07) is 22.9. The molecule has 3 heterocycles. The van der Waals surface area contributed by atoms with Crippen LogP contribution < -0.4 is 4.74 Å². The van der Waals surface area contributed by atoms with Gasteiger partial charge in [0.1, 0.15) is 18.1 Å². The zero-order valence-corrected chi connectivity index (χ0v) is 19.3. The predicted molar refractivity (Wildman–Crippen MR) is 134 cm³/mol. The van der Waals surface area contributed by atoms with Crippen molar-refractivity contribution in [1.82, 2.24) is 14.9 Å². The third-order valence-electron chi connectivity index (χ3n) is 6.01. The number of ether oxygens (including phenoxy) is 1. The largest absolute Gasteiger partial charge is 0.507 e. The van der Waals surface area contributed by atoms with Crippen LogP contribution in [-0.4, -0.2) is 31.7 Å². The Morgan fingerprint density at radius 2 is 1.56 bits per heavy atom. The lowest BCUT2D eigenvalue weighted by molar-refractivity contribution is -0.140. The molecule has 0 aliphatic carbocycles. The Morgan fingerprint density at radius 1 is 0.833 bits per heavy atom. The van der Waals surface area contributed by atoms with Crippen LogP contribution >= 0.6 is 0 Å². The minimum atomic E-state index is -0.762. The molecular weight excluding hydrogens is 454 g/mol. The number of carbonyl (C=O) groups is 2. The SMILES string of the molecule is O=C1C(=O)N(Cc2cccnc2)[C@H](c2ccncc2)C1=C(O)c1ccc(OCc2ccccc2)cc1. The van der Waals surface area contributed by atoms with Crippen LogP contribution in [0, 0.1) is 0 Å². The minimum absolute atomic E-state index is 0.0352. The maximum atomic E-state index is 13.2. The number of nitrogens with zero attached hydrogens (tertiary/aromatic N) is 3. The lowest BCUT2D eigenvalue weighted by atomic mass is 9.96. The normalized spacial score (nSPS) is 16.8. The van der Waals surface area contributed by atoms with E-state index in [9.17, 15) is 14.7 Å². The Morgan fingerprint density at radius 3 is 2.25 bits per heavy atom. The molecule has 0 radical (unpaired) electrons. The maximum absolute atomic E-state index is 13.2. The summed E-state index contributed by atoms with van der Waals surface area (Å²) < 4.78 is 5.82. The van der Waals surface area contributed by atoms with E-state index in [4.69, 9.17) is 4.74 Å². The molecule has 7 heteroatoms. The Hall–Kier alpha value is -4.78. The number of ketones is 1. The fourth-order valence-corrected chi connectivity index (χ4v) is 4.23. The topological polar surface area (TPSA) is 92.6 Å². The van der Waals surface area contributed by atoms with Crippen molar-refractivity contribution in [3.63, 3.8) is 0 Å². The molecular formula is C29H23N3O4. The number of hydrogen-bond donors (Lipinski definition) is 1. The monoisotopic (exact) mass is 477 g/mol. The zero-order valence-electron chi connectivity index (χ0n) is 19.3. The van der Waals surface area contributed by atoms with Crippen LogP contribution in [0.25, 0.3) is 5.76 Å². The van der Waals surface area contributed by atoms with Crippen molar-refractivity contribution in [2.45, 2.75) is 19.2 Å². The summed E-state index contributed by atoms with van der Waals surface area (Å²) in [5, 5.41) is 11.2. The number of rotatable bonds is 7. The Bertz CT molecular complexity index is 1390. The van der Waals surface area contributed by atoms with Gasteiger partial charge in [0.05, 0.1) is 11.6 Å². The zero-order chi connectivity index (χ0) is 24.9. The number of amides is 1. The number of carbonyl (C=O) groups excluding carboxylic acids is 2. The van der Waals surface area contributed by atoms with Gasteiger partial charge in [0.25, 0.3) is 11.7 Å². The van der Waals surface area contributed by atoms with Gasteiger partial charge < -0.3 is 14.7 Å². The first-order valence-corrected chi connectivity index (χ1v) is 11.5. The molecule has 4 aromatic rings. The Balaban J connectivity index is 1.47. The number of benzene rings is 2. The maximum Gasteiger partial charge on any atom is 0.295 e. The van der Waals surface area contributed by atoms with Gasteiger partial charge in [-0.1, -0.05) is 36.4 Å². The molecule has 1 aliphatic heterocycles. The first kappa shape index (κ1) is 23.0. The second-order valence-electron chi connectivity index (χ2n) is 8.37. The summed E-state index contributed by atoms with van der Waals surface area (Å²) in [6.45, 7) is 0.585. The quantitative estimate of drug-likeness (QED) is 0.236. The van der Waals surface area contributed by atoms with Crippen LogP contribution in [0.4, 0.5) is 0 Å². The summed E-state index contributed by atoms with van der Waals surface area (Å²) >= 11 is 0. The summed E-state index contributed by atoms with van der Waals surface area (Å²) in [5.41, 5.74) is 2.94. The number of Topliss-reactive ketones (excluding diaryl/α,β-unsaturated/α-hetero) is 1. The summed E-state index contributed by atoms with van der Waals surface area (Å²) in [4.78, 5) is 35.9. The van der Waals surface area contributed by atoms with E-state index in [0.717, 1.165) is 11.1 Å². The number of likely N-dealkylation sites (tertiary alicyclic amines) is 1. The van der Waals surface area contributed by atoms with Gasteiger partial charge in [-0.15, -0.1) is 0 Å². The van der Waals surface area contributed by atoms with Crippen molar-refractivity contribution >= 4 is 17.4 Å². The predicted octanol–water partition coefficient (Wildman–Crippen LogP) is 4.68. The van der Waals surface area contributed by atoms with E-state index in [1.165, 1.54) is 4.90 Å². The van der Waals surface area contributed by atoms with Crippen molar-refractivity contribution in [1.29, 1.82) is 0 Å². The van der Waals surface area contributed by atoms with Crippen molar-refractivity contribution in [2.75, 3.05) is 0 Å². The van der Waals surface area contributed by atoms with Crippen molar-refractivity contribution in [2.24, 2.45) is 0 Å². The number of aromatic nitrogens is 2. The molecule has 0 saturated carbocycles. The molecule has 1 atom stereocenters. The number of aliphatic hydroxyl groups excluding tert-OH is 1. The van der Waals surface area contributed by atoms with Crippen LogP contribution in [0.1, 0.15) is 28.3 Å². The van der Waals surface area contributed by atoms with E-state index in [1.54, 1.807) is 67.3 Å². The molecule has 1 fully saturated rings. The van der Waals surface area contributed by atoms with E-state index < -0.39 is 17.7 Å². The molecule has 0 bridgehead atoms. The molecule has 5 rings (SSSR count).